The molecular weight excluding hydrogens is 210 g/mol. The molecule has 0 radical (unpaired) electrons. The van der Waals surface area contributed by atoms with E-state index in [9.17, 15) is 4.79 Å². The van der Waals surface area contributed by atoms with Gasteiger partial charge in [-0.3, -0.25) is 0 Å². The van der Waals surface area contributed by atoms with Crippen molar-refractivity contribution in [1.29, 1.82) is 0 Å². The molecule has 5 heteroatoms. The molecule has 0 saturated carbocycles. The lowest BCUT2D eigenvalue weighted by atomic mass is 10.2. The van der Waals surface area contributed by atoms with Crippen molar-refractivity contribution in [2.24, 2.45) is 5.16 Å². The van der Waals surface area contributed by atoms with Gasteiger partial charge in [-0.25, -0.2) is 4.79 Å². The fourth-order valence-corrected chi connectivity index (χ4v) is 1.16. The highest BCUT2D eigenvalue weighted by molar-refractivity contribution is 5.87. The van der Waals surface area contributed by atoms with Crippen LogP contribution < -0.4 is 9.47 Å². The molecule has 0 fully saturated rings. The second-order valence-corrected chi connectivity index (χ2v) is 2.89. The van der Waals surface area contributed by atoms with E-state index < -0.39 is 5.97 Å². The van der Waals surface area contributed by atoms with E-state index in [-0.39, 0.29) is 0 Å². The highest BCUT2D eigenvalue weighted by Crippen LogP contribution is 2.26. The van der Waals surface area contributed by atoms with Gasteiger partial charge in [-0.2, -0.15) is 0 Å². The number of carbonyl (C=O) groups excluding carboxylic acids is 1. The molecule has 0 aliphatic rings. The fraction of sp³-hybridized carbons (Fsp3) is 0.273. The molecular formula is C11H13NO4. The van der Waals surface area contributed by atoms with Crippen LogP contribution in [0.4, 0.5) is 0 Å². The zero-order valence-corrected chi connectivity index (χ0v) is 9.39. The number of nitrogens with zero attached hydrogens (tertiary/aromatic N) is 1. The summed E-state index contributed by atoms with van der Waals surface area (Å²) < 4.78 is 10.3. The van der Waals surface area contributed by atoms with Crippen molar-refractivity contribution in [1.82, 2.24) is 0 Å². The van der Waals surface area contributed by atoms with Gasteiger partial charge in [-0.1, -0.05) is 11.2 Å². The zero-order chi connectivity index (χ0) is 12.0. The van der Waals surface area contributed by atoms with E-state index in [1.54, 1.807) is 18.2 Å². The first-order valence-corrected chi connectivity index (χ1v) is 4.61. The van der Waals surface area contributed by atoms with Crippen molar-refractivity contribution < 1.29 is 19.1 Å². The van der Waals surface area contributed by atoms with Gasteiger partial charge in [0.15, 0.2) is 0 Å². The van der Waals surface area contributed by atoms with Gasteiger partial charge in [0.05, 0.1) is 26.0 Å². The molecule has 0 amide bonds. The molecule has 0 spiro atoms. The monoisotopic (exact) mass is 223 g/mol. The van der Waals surface area contributed by atoms with Gasteiger partial charge < -0.3 is 14.3 Å². The maximum atomic E-state index is 10.5. The molecule has 1 rings (SSSR count). The molecule has 0 bridgehead atoms. The van der Waals surface area contributed by atoms with E-state index in [0.717, 1.165) is 0 Å². The third kappa shape index (κ3) is 2.98. The van der Waals surface area contributed by atoms with Crippen molar-refractivity contribution in [3.8, 4) is 11.5 Å². The van der Waals surface area contributed by atoms with Crippen LogP contribution in [0.2, 0.25) is 0 Å². The summed E-state index contributed by atoms with van der Waals surface area (Å²) in [6.45, 7) is 1.27. The normalized spacial score (nSPS) is 10.2. The Bertz CT molecular complexity index is 379. The largest absolute Gasteiger partial charge is 0.496 e. The topological polar surface area (TPSA) is 57.1 Å². The van der Waals surface area contributed by atoms with Crippen molar-refractivity contribution in [2.75, 3.05) is 14.2 Å². The Morgan fingerprint density at radius 1 is 1.25 bits per heavy atom. The first kappa shape index (κ1) is 12.0. The maximum absolute atomic E-state index is 10.5. The van der Waals surface area contributed by atoms with Crippen LogP contribution in [0.3, 0.4) is 0 Å². The lowest BCUT2D eigenvalue weighted by Crippen LogP contribution is -1.97. The molecule has 1 aromatic carbocycles. The second kappa shape index (κ2) is 5.75. The molecule has 16 heavy (non-hydrogen) atoms. The van der Waals surface area contributed by atoms with Crippen LogP contribution in [0.25, 0.3) is 0 Å². The Hall–Kier alpha value is -2.04. The highest BCUT2D eigenvalue weighted by atomic mass is 16.7. The van der Waals surface area contributed by atoms with Crippen molar-refractivity contribution in [3.05, 3.63) is 23.8 Å². The lowest BCUT2D eigenvalue weighted by molar-refractivity contribution is -0.140. The van der Waals surface area contributed by atoms with E-state index in [0.29, 0.717) is 17.1 Å². The molecule has 86 valence electrons. The summed E-state index contributed by atoms with van der Waals surface area (Å²) in [5.74, 6) is 0.704. The Labute approximate surface area is 93.6 Å². The summed E-state index contributed by atoms with van der Waals surface area (Å²) in [5.41, 5.74) is 0.619. The first-order chi connectivity index (χ1) is 7.69. The van der Waals surface area contributed by atoms with Crippen LogP contribution in [-0.2, 0) is 9.63 Å². The minimum atomic E-state index is -0.481. The molecule has 0 aromatic heterocycles. The summed E-state index contributed by atoms with van der Waals surface area (Å²) in [6, 6.07) is 5.32. The van der Waals surface area contributed by atoms with E-state index in [4.69, 9.17) is 9.47 Å². The summed E-state index contributed by atoms with van der Waals surface area (Å²) in [4.78, 5) is 15.0. The average Bonchev–Trinajstić information content (AvgIpc) is 2.28. The molecule has 0 heterocycles. The summed E-state index contributed by atoms with van der Waals surface area (Å²) in [5, 5.41) is 3.52. The third-order valence-corrected chi connectivity index (χ3v) is 1.83. The third-order valence-electron chi connectivity index (χ3n) is 1.83. The number of carbonyl (C=O) groups is 1. The van der Waals surface area contributed by atoms with Crippen molar-refractivity contribution in [3.63, 3.8) is 0 Å². The van der Waals surface area contributed by atoms with Gasteiger partial charge in [0.25, 0.3) is 0 Å². The molecule has 5 nitrogen and oxygen atoms in total. The van der Waals surface area contributed by atoms with Gasteiger partial charge in [0, 0.05) is 6.92 Å². The number of hydrogen-bond donors (Lipinski definition) is 0. The maximum Gasteiger partial charge on any atom is 0.331 e. The van der Waals surface area contributed by atoms with E-state index >= 15 is 0 Å². The Morgan fingerprint density at radius 2 is 1.81 bits per heavy atom. The summed E-state index contributed by atoms with van der Waals surface area (Å²) in [7, 11) is 3.08. The number of ether oxygens (including phenoxy) is 2. The van der Waals surface area contributed by atoms with Gasteiger partial charge in [0.1, 0.15) is 11.5 Å². The van der Waals surface area contributed by atoms with Gasteiger partial charge in [0.2, 0.25) is 0 Å². The number of rotatable bonds is 4. The molecule has 0 atom stereocenters. The van der Waals surface area contributed by atoms with Crippen LogP contribution in [0.1, 0.15) is 12.5 Å². The van der Waals surface area contributed by atoms with E-state index in [1.165, 1.54) is 27.4 Å². The molecule has 1 aromatic rings. The molecule has 0 N–H and O–H groups in total. The highest BCUT2D eigenvalue weighted by Gasteiger charge is 2.07. The number of oxime groups is 1. The Morgan fingerprint density at radius 3 is 2.25 bits per heavy atom. The Kier molecular flexibility index (Phi) is 4.32. The molecule has 0 unspecified atom stereocenters. The van der Waals surface area contributed by atoms with Crippen LogP contribution >= 0.6 is 0 Å². The minimum Gasteiger partial charge on any atom is -0.496 e. The smallest absolute Gasteiger partial charge is 0.331 e. The Balaban J connectivity index is 2.99. The summed E-state index contributed by atoms with van der Waals surface area (Å²) in [6.07, 6.45) is 1.37. The SMILES string of the molecule is COc1cccc(OC)c1C=NOC(C)=O. The first-order valence-electron chi connectivity index (χ1n) is 4.61. The van der Waals surface area contributed by atoms with Gasteiger partial charge >= 0.3 is 5.97 Å². The average molecular weight is 223 g/mol. The fourth-order valence-electron chi connectivity index (χ4n) is 1.16. The van der Waals surface area contributed by atoms with Crippen LogP contribution in [0.15, 0.2) is 23.4 Å². The van der Waals surface area contributed by atoms with Gasteiger partial charge in [-0.15, -0.1) is 0 Å². The van der Waals surface area contributed by atoms with E-state index in [2.05, 4.69) is 9.99 Å². The molecule has 0 saturated heterocycles. The number of benzene rings is 1. The second-order valence-electron chi connectivity index (χ2n) is 2.89. The lowest BCUT2D eigenvalue weighted by Gasteiger charge is -2.08. The summed E-state index contributed by atoms with van der Waals surface area (Å²) >= 11 is 0. The van der Waals surface area contributed by atoms with E-state index in [1.807, 2.05) is 0 Å². The quantitative estimate of drug-likeness (QED) is 0.442. The van der Waals surface area contributed by atoms with Crippen LogP contribution in [0.5, 0.6) is 11.5 Å². The molecule has 0 aliphatic carbocycles. The van der Waals surface area contributed by atoms with Crippen molar-refractivity contribution >= 4 is 12.2 Å². The zero-order valence-electron chi connectivity index (χ0n) is 9.39. The number of hydrogen-bond acceptors (Lipinski definition) is 5. The van der Waals surface area contributed by atoms with Crippen molar-refractivity contribution in [2.45, 2.75) is 6.92 Å². The predicted molar refractivity (Wildman–Crippen MR) is 58.9 cm³/mol. The van der Waals surface area contributed by atoms with Crippen LogP contribution in [-0.4, -0.2) is 26.4 Å². The van der Waals surface area contributed by atoms with Crippen LogP contribution in [0, 0.1) is 0 Å². The van der Waals surface area contributed by atoms with Gasteiger partial charge in [-0.05, 0) is 12.1 Å². The predicted octanol–water partition coefficient (Wildman–Crippen LogP) is 1.60. The molecule has 0 aliphatic heterocycles. The minimum absolute atomic E-state index is 0.481. The number of methoxy groups -OCH3 is 2. The standard InChI is InChI=1S/C11H13NO4/c1-8(13)16-12-7-9-10(14-2)5-4-6-11(9)15-3/h4-7H,1-3H3.